The number of phenolic OH excluding ortho intramolecular Hbond substituents is 1. The highest BCUT2D eigenvalue weighted by Crippen LogP contribution is 2.27. The van der Waals surface area contributed by atoms with Crippen molar-refractivity contribution in [3.05, 3.63) is 41.2 Å². The van der Waals surface area contributed by atoms with Crippen molar-refractivity contribution in [1.82, 2.24) is 20.0 Å². The molecule has 0 bridgehead atoms. The van der Waals surface area contributed by atoms with Gasteiger partial charge in [-0.2, -0.15) is 5.10 Å². The Bertz CT molecular complexity index is 842. The molecular weight excluding hydrogens is 491 g/mol. The Balaban J connectivity index is 0.00000320. The number of hydrogen-bond donors (Lipinski definition) is 2. The summed E-state index contributed by atoms with van der Waals surface area (Å²) in [4.78, 5) is 9.51. The second-order valence-electron chi connectivity index (χ2n) is 7.34. The molecule has 0 radical (unpaired) electrons. The molecule has 0 atom stereocenters. The lowest BCUT2D eigenvalue weighted by Gasteiger charge is -2.37. The van der Waals surface area contributed by atoms with Crippen molar-refractivity contribution in [2.24, 2.45) is 12.0 Å². The molecule has 3 rings (SSSR count). The number of piperazine rings is 1. The van der Waals surface area contributed by atoms with Crippen LogP contribution in [-0.4, -0.2) is 58.5 Å². The predicted molar refractivity (Wildman–Crippen MR) is 134 cm³/mol. The minimum absolute atomic E-state index is 0. The number of halogens is 1. The summed E-state index contributed by atoms with van der Waals surface area (Å²) < 4.78 is 2.00. The van der Waals surface area contributed by atoms with E-state index >= 15 is 0 Å². The van der Waals surface area contributed by atoms with Gasteiger partial charge in [-0.05, 0) is 31.9 Å². The van der Waals surface area contributed by atoms with E-state index in [4.69, 9.17) is 4.99 Å². The largest absolute Gasteiger partial charge is 0.506 e. The molecule has 1 aliphatic heterocycles. The molecule has 7 nitrogen and oxygen atoms in total. The van der Waals surface area contributed by atoms with Crippen LogP contribution in [0.15, 0.2) is 29.3 Å². The summed E-state index contributed by atoms with van der Waals surface area (Å²) >= 11 is 0. The van der Waals surface area contributed by atoms with Crippen LogP contribution >= 0.6 is 24.0 Å². The summed E-state index contributed by atoms with van der Waals surface area (Å²) in [5.74, 6) is 1.30. The van der Waals surface area contributed by atoms with E-state index in [0.717, 1.165) is 62.9 Å². The Kier molecular flexibility index (Phi) is 9.26. The first-order valence-electron chi connectivity index (χ1n) is 10.7. The molecule has 30 heavy (non-hydrogen) atoms. The van der Waals surface area contributed by atoms with Gasteiger partial charge in [-0.15, -0.1) is 24.0 Å². The molecule has 0 aliphatic carbocycles. The summed E-state index contributed by atoms with van der Waals surface area (Å²) in [6, 6.07) is 7.55. The second-order valence-corrected chi connectivity index (χ2v) is 7.34. The highest BCUT2D eigenvalue weighted by Gasteiger charge is 2.22. The predicted octanol–water partition coefficient (Wildman–Crippen LogP) is 3.16. The van der Waals surface area contributed by atoms with E-state index < -0.39 is 0 Å². The summed E-state index contributed by atoms with van der Waals surface area (Å²) in [5.41, 5.74) is 4.59. The first-order valence-corrected chi connectivity index (χ1v) is 10.7. The lowest BCUT2D eigenvalue weighted by atomic mass is 10.1. The zero-order valence-electron chi connectivity index (χ0n) is 18.6. The summed E-state index contributed by atoms with van der Waals surface area (Å²) in [6.07, 6.45) is 1.89. The maximum Gasteiger partial charge on any atom is 0.194 e. The molecule has 1 fully saturated rings. The number of rotatable bonds is 6. The van der Waals surface area contributed by atoms with Crippen LogP contribution in [0.3, 0.4) is 0 Å². The topological polar surface area (TPSA) is 68.9 Å². The molecule has 0 saturated carbocycles. The fourth-order valence-corrected chi connectivity index (χ4v) is 4.04. The fourth-order valence-electron chi connectivity index (χ4n) is 4.04. The van der Waals surface area contributed by atoms with E-state index in [1.54, 1.807) is 6.07 Å². The van der Waals surface area contributed by atoms with Crippen LogP contribution in [0, 0.1) is 0 Å². The minimum Gasteiger partial charge on any atom is -0.506 e. The van der Waals surface area contributed by atoms with Crippen molar-refractivity contribution in [1.29, 1.82) is 0 Å². The maximum absolute atomic E-state index is 10.1. The normalized spacial score (nSPS) is 14.6. The molecule has 1 aromatic carbocycles. The SMILES string of the molecule is CCNC(=NCc1c(CC)nn(C)c1CC)N1CCN(c2ccccc2O)CC1.I. The van der Waals surface area contributed by atoms with Crippen molar-refractivity contribution in [3.8, 4) is 5.75 Å². The summed E-state index contributed by atoms with van der Waals surface area (Å²) in [7, 11) is 2.02. The molecule has 0 spiro atoms. The van der Waals surface area contributed by atoms with Gasteiger partial charge < -0.3 is 20.2 Å². The number of aromatic hydroxyl groups is 1. The quantitative estimate of drug-likeness (QED) is 0.344. The van der Waals surface area contributed by atoms with E-state index in [2.05, 4.69) is 41.0 Å². The smallest absolute Gasteiger partial charge is 0.194 e. The number of nitrogens with zero attached hydrogens (tertiary/aromatic N) is 5. The van der Waals surface area contributed by atoms with Crippen molar-refractivity contribution in [3.63, 3.8) is 0 Å². The van der Waals surface area contributed by atoms with Gasteiger partial charge in [-0.1, -0.05) is 26.0 Å². The first kappa shape index (κ1) is 24.3. The number of aryl methyl sites for hydroxylation is 2. The van der Waals surface area contributed by atoms with Gasteiger partial charge in [0, 0.05) is 51.0 Å². The molecule has 2 heterocycles. The zero-order valence-corrected chi connectivity index (χ0v) is 20.9. The van der Waals surface area contributed by atoms with Gasteiger partial charge in [0.2, 0.25) is 0 Å². The number of benzene rings is 1. The number of aliphatic imine (C=N–C) groups is 1. The van der Waals surface area contributed by atoms with Crippen LogP contribution in [0.1, 0.15) is 37.7 Å². The van der Waals surface area contributed by atoms with E-state index in [1.807, 2.05) is 29.9 Å². The number of phenols is 1. The number of hydrogen-bond acceptors (Lipinski definition) is 4. The zero-order chi connectivity index (χ0) is 20.8. The van der Waals surface area contributed by atoms with Crippen LogP contribution in [0.5, 0.6) is 5.75 Å². The van der Waals surface area contributed by atoms with Gasteiger partial charge in [0.05, 0.1) is 17.9 Å². The molecule has 2 aromatic rings. The molecule has 8 heteroatoms. The highest BCUT2D eigenvalue weighted by molar-refractivity contribution is 14.0. The van der Waals surface area contributed by atoms with E-state index in [1.165, 1.54) is 11.3 Å². The van der Waals surface area contributed by atoms with Crippen molar-refractivity contribution in [2.75, 3.05) is 37.6 Å². The van der Waals surface area contributed by atoms with Crippen LogP contribution in [0.2, 0.25) is 0 Å². The first-order chi connectivity index (χ1) is 14.1. The Labute approximate surface area is 197 Å². The number of guanidine groups is 1. The van der Waals surface area contributed by atoms with E-state index in [-0.39, 0.29) is 24.0 Å². The van der Waals surface area contributed by atoms with Crippen LogP contribution in [0.25, 0.3) is 0 Å². The Hall–Kier alpha value is -1.97. The molecule has 166 valence electrons. The average molecular weight is 526 g/mol. The highest BCUT2D eigenvalue weighted by atomic mass is 127. The van der Waals surface area contributed by atoms with Crippen molar-refractivity contribution >= 4 is 35.6 Å². The Morgan fingerprint density at radius 1 is 1.10 bits per heavy atom. The van der Waals surface area contributed by atoms with Gasteiger partial charge in [-0.25, -0.2) is 4.99 Å². The fraction of sp³-hybridized carbons (Fsp3) is 0.545. The van der Waals surface area contributed by atoms with Crippen LogP contribution < -0.4 is 10.2 Å². The third-order valence-electron chi connectivity index (χ3n) is 5.55. The number of para-hydroxylation sites is 2. The van der Waals surface area contributed by atoms with Gasteiger partial charge in [0.1, 0.15) is 5.75 Å². The third kappa shape index (κ3) is 5.39. The van der Waals surface area contributed by atoms with Crippen molar-refractivity contribution < 1.29 is 5.11 Å². The number of nitrogens with one attached hydrogen (secondary N) is 1. The molecule has 0 amide bonds. The number of aromatic nitrogens is 2. The standard InChI is InChI=1S/C22H34N6O.HI/c1-5-18-17(19(6-2)26(4)25-18)16-24-22(23-7-3)28-14-12-27(13-15-28)20-10-8-9-11-21(20)29;/h8-11,29H,5-7,12-16H2,1-4H3,(H,23,24);1H. The lowest BCUT2D eigenvalue weighted by Crippen LogP contribution is -2.52. The minimum atomic E-state index is 0. The second kappa shape index (κ2) is 11.4. The maximum atomic E-state index is 10.1. The molecule has 1 aliphatic rings. The van der Waals surface area contributed by atoms with Gasteiger partial charge in [0.15, 0.2) is 5.96 Å². The molecular formula is C22H35IN6O. The monoisotopic (exact) mass is 526 g/mol. The Morgan fingerprint density at radius 2 is 1.80 bits per heavy atom. The average Bonchev–Trinajstić information content (AvgIpc) is 3.06. The lowest BCUT2D eigenvalue weighted by molar-refractivity contribution is 0.369. The van der Waals surface area contributed by atoms with Gasteiger partial charge in [0.25, 0.3) is 0 Å². The molecule has 2 N–H and O–H groups in total. The van der Waals surface area contributed by atoms with Gasteiger partial charge in [-0.3, -0.25) is 4.68 Å². The molecule has 0 unspecified atom stereocenters. The molecule has 1 aromatic heterocycles. The summed E-state index contributed by atoms with van der Waals surface area (Å²) in [5, 5.41) is 18.3. The van der Waals surface area contributed by atoms with Gasteiger partial charge >= 0.3 is 0 Å². The van der Waals surface area contributed by atoms with Crippen LogP contribution in [0.4, 0.5) is 5.69 Å². The number of anilines is 1. The van der Waals surface area contributed by atoms with E-state index in [9.17, 15) is 5.11 Å². The van der Waals surface area contributed by atoms with Crippen molar-refractivity contribution in [2.45, 2.75) is 40.2 Å². The third-order valence-corrected chi connectivity index (χ3v) is 5.55. The summed E-state index contributed by atoms with van der Waals surface area (Å²) in [6.45, 7) is 11.4. The molecule has 1 saturated heterocycles. The Morgan fingerprint density at radius 3 is 2.40 bits per heavy atom. The van der Waals surface area contributed by atoms with E-state index in [0.29, 0.717) is 12.3 Å². The van der Waals surface area contributed by atoms with Crippen LogP contribution in [-0.2, 0) is 26.4 Å².